The van der Waals surface area contributed by atoms with Gasteiger partial charge in [0.2, 0.25) is 0 Å². The average Bonchev–Trinajstić information content (AvgIpc) is 2.04. The zero-order chi connectivity index (χ0) is 8.27. The van der Waals surface area contributed by atoms with E-state index in [1.165, 1.54) is 0 Å². The number of benzene rings is 1. The predicted molar refractivity (Wildman–Crippen MR) is 46.7 cm³/mol. The molecule has 56 valence electrons. The molecule has 0 atom stereocenters. The van der Waals surface area contributed by atoms with Crippen LogP contribution < -0.4 is 0 Å². The molecule has 0 saturated heterocycles. The number of hydrogen-bond acceptors (Lipinski definition) is 1. The maximum Gasteiger partial charge on any atom is 0.150 e. The molecule has 1 aromatic carbocycles. The summed E-state index contributed by atoms with van der Waals surface area (Å²) in [5.41, 5.74) is 2.79. The third-order valence-electron chi connectivity index (χ3n) is 1.66. The molecule has 0 aliphatic heterocycles. The molecular formula is C10H10O. The number of carbonyl (C=O) groups excluding carboxylic acids is 1. The van der Waals surface area contributed by atoms with Crippen LogP contribution in [0.25, 0.3) is 6.08 Å². The molecule has 1 rings (SSSR count). The van der Waals surface area contributed by atoms with Gasteiger partial charge in [0.05, 0.1) is 0 Å². The van der Waals surface area contributed by atoms with E-state index in [1.807, 2.05) is 19.1 Å². The molecule has 0 spiro atoms. The van der Waals surface area contributed by atoms with Crippen molar-refractivity contribution >= 4 is 12.4 Å². The summed E-state index contributed by atoms with van der Waals surface area (Å²) < 4.78 is 0. The van der Waals surface area contributed by atoms with Gasteiger partial charge in [-0.25, -0.2) is 0 Å². The van der Waals surface area contributed by atoms with Crippen molar-refractivity contribution in [1.82, 2.24) is 0 Å². The van der Waals surface area contributed by atoms with Gasteiger partial charge in [-0.2, -0.15) is 0 Å². The molecule has 11 heavy (non-hydrogen) atoms. The molecule has 0 amide bonds. The lowest BCUT2D eigenvalue weighted by Crippen LogP contribution is -1.85. The molecule has 0 fully saturated rings. The molecule has 0 heterocycles. The van der Waals surface area contributed by atoms with E-state index in [9.17, 15) is 4.79 Å². The Morgan fingerprint density at radius 2 is 2.18 bits per heavy atom. The summed E-state index contributed by atoms with van der Waals surface area (Å²) in [6, 6.07) is 5.62. The fourth-order valence-corrected chi connectivity index (χ4v) is 0.958. The van der Waals surface area contributed by atoms with Crippen LogP contribution >= 0.6 is 0 Å². The highest BCUT2D eigenvalue weighted by molar-refractivity contribution is 5.77. The Kier molecular flexibility index (Phi) is 2.21. The highest BCUT2D eigenvalue weighted by Crippen LogP contribution is 2.09. The molecule has 0 bridgehead atoms. The van der Waals surface area contributed by atoms with E-state index in [4.69, 9.17) is 0 Å². The number of hydrogen-bond donors (Lipinski definition) is 0. The highest BCUT2D eigenvalue weighted by atomic mass is 16.1. The third-order valence-corrected chi connectivity index (χ3v) is 1.66. The van der Waals surface area contributed by atoms with Gasteiger partial charge in [-0.05, 0) is 18.1 Å². The number of aldehydes is 1. The minimum Gasteiger partial charge on any atom is -0.298 e. The molecule has 0 radical (unpaired) electrons. The van der Waals surface area contributed by atoms with Crippen LogP contribution in [-0.2, 0) is 0 Å². The van der Waals surface area contributed by atoms with E-state index < -0.39 is 0 Å². The molecule has 0 N–H and O–H groups in total. The largest absolute Gasteiger partial charge is 0.298 e. The van der Waals surface area contributed by atoms with Gasteiger partial charge in [-0.3, -0.25) is 4.79 Å². The summed E-state index contributed by atoms with van der Waals surface area (Å²) in [7, 11) is 0. The summed E-state index contributed by atoms with van der Waals surface area (Å²) in [6.07, 6.45) is 2.63. The first kappa shape index (κ1) is 7.73. The second kappa shape index (κ2) is 3.15. The molecule has 0 aromatic heterocycles. The Bertz CT molecular complexity index is 287. The summed E-state index contributed by atoms with van der Waals surface area (Å²) in [5.74, 6) is 0. The summed E-state index contributed by atoms with van der Waals surface area (Å²) in [4.78, 5) is 10.4. The maximum atomic E-state index is 10.4. The minimum atomic E-state index is 0.746. The fraction of sp³-hybridized carbons (Fsp3) is 0.100. The molecule has 0 saturated carbocycles. The lowest BCUT2D eigenvalue weighted by Gasteiger charge is -1.98. The quantitative estimate of drug-likeness (QED) is 0.586. The molecule has 0 unspecified atom stereocenters. The van der Waals surface area contributed by atoms with Gasteiger partial charge >= 0.3 is 0 Å². The van der Waals surface area contributed by atoms with E-state index in [1.54, 1.807) is 12.1 Å². The second-order valence-electron chi connectivity index (χ2n) is 2.44. The number of carbonyl (C=O) groups is 1. The third kappa shape index (κ3) is 1.55. The van der Waals surface area contributed by atoms with E-state index in [0.717, 1.165) is 23.0 Å². The second-order valence-corrected chi connectivity index (χ2v) is 2.44. The molecular weight excluding hydrogens is 136 g/mol. The van der Waals surface area contributed by atoms with Crippen LogP contribution in [0, 0.1) is 6.92 Å². The fourth-order valence-electron chi connectivity index (χ4n) is 0.958. The van der Waals surface area contributed by atoms with Crippen LogP contribution in [0.1, 0.15) is 21.5 Å². The predicted octanol–water partition coefficient (Wildman–Crippen LogP) is 2.45. The van der Waals surface area contributed by atoms with Crippen molar-refractivity contribution in [1.29, 1.82) is 0 Å². The van der Waals surface area contributed by atoms with Gasteiger partial charge in [0, 0.05) is 5.56 Å². The van der Waals surface area contributed by atoms with Crippen LogP contribution in [0.3, 0.4) is 0 Å². The Hall–Kier alpha value is -1.37. The van der Waals surface area contributed by atoms with E-state index in [0.29, 0.717) is 0 Å². The van der Waals surface area contributed by atoms with Crippen molar-refractivity contribution in [3.05, 3.63) is 41.5 Å². The number of rotatable bonds is 2. The van der Waals surface area contributed by atoms with Crippen molar-refractivity contribution in [2.75, 3.05) is 0 Å². The van der Waals surface area contributed by atoms with Gasteiger partial charge < -0.3 is 0 Å². The van der Waals surface area contributed by atoms with Crippen molar-refractivity contribution in [3.8, 4) is 0 Å². The zero-order valence-electron chi connectivity index (χ0n) is 6.50. The van der Waals surface area contributed by atoms with Crippen LogP contribution in [-0.4, -0.2) is 6.29 Å². The van der Waals surface area contributed by atoms with Gasteiger partial charge in [-0.1, -0.05) is 30.9 Å². The normalized spacial score (nSPS) is 9.18. The lowest BCUT2D eigenvalue weighted by molar-refractivity contribution is 0.112. The summed E-state index contributed by atoms with van der Waals surface area (Å²) >= 11 is 0. The summed E-state index contributed by atoms with van der Waals surface area (Å²) in [5, 5.41) is 0. The smallest absolute Gasteiger partial charge is 0.150 e. The maximum absolute atomic E-state index is 10.4. The lowest BCUT2D eigenvalue weighted by atomic mass is 10.1. The van der Waals surface area contributed by atoms with Crippen molar-refractivity contribution in [2.24, 2.45) is 0 Å². The first-order chi connectivity index (χ1) is 5.27. The first-order valence-corrected chi connectivity index (χ1v) is 3.46. The minimum absolute atomic E-state index is 0.746. The zero-order valence-corrected chi connectivity index (χ0v) is 6.50. The van der Waals surface area contributed by atoms with E-state index in [-0.39, 0.29) is 0 Å². The van der Waals surface area contributed by atoms with Crippen LogP contribution in [0.15, 0.2) is 24.8 Å². The van der Waals surface area contributed by atoms with Crippen molar-refractivity contribution < 1.29 is 4.79 Å². The summed E-state index contributed by atoms with van der Waals surface area (Å²) in [6.45, 7) is 5.55. The Morgan fingerprint density at radius 1 is 1.45 bits per heavy atom. The number of aryl methyl sites for hydroxylation is 1. The first-order valence-electron chi connectivity index (χ1n) is 3.46. The molecule has 0 aliphatic carbocycles. The Morgan fingerprint density at radius 3 is 2.64 bits per heavy atom. The van der Waals surface area contributed by atoms with Crippen LogP contribution in [0.4, 0.5) is 0 Å². The molecule has 1 aromatic rings. The molecule has 1 nitrogen and oxygen atoms in total. The topological polar surface area (TPSA) is 17.1 Å². The Balaban J connectivity index is 3.18. The van der Waals surface area contributed by atoms with E-state index in [2.05, 4.69) is 6.58 Å². The van der Waals surface area contributed by atoms with Gasteiger partial charge in [0.25, 0.3) is 0 Å². The van der Waals surface area contributed by atoms with Gasteiger partial charge in [-0.15, -0.1) is 0 Å². The highest BCUT2D eigenvalue weighted by Gasteiger charge is 1.94. The molecule has 1 heteroatoms. The van der Waals surface area contributed by atoms with Crippen LogP contribution in [0.5, 0.6) is 0 Å². The van der Waals surface area contributed by atoms with Crippen molar-refractivity contribution in [2.45, 2.75) is 6.92 Å². The average molecular weight is 146 g/mol. The molecule has 0 aliphatic rings. The SMILES string of the molecule is C=Cc1ccc(C=O)c(C)c1. The monoisotopic (exact) mass is 146 g/mol. The van der Waals surface area contributed by atoms with Crippen molar-refractivity contribution in [3.63, 3.8) is 0 Å². The van der Waals surface area contributed by atoms with Gasteiger partial charge in [0.15, 0.2) is 0 Å². The Labute approximate surface area is 66.4 Å². The van der Waals surface area contributed by atoms with E-state index >= 15 is 0 Å². The van der Waals surface area contributed by atoms with Gasteiger partial charge in [0.1, 0.15) is 6.29 Å². The standard InChI is InChI=1S/C10H10O/c1-3-9-4-5-10(7-11)8(2)6-9/h3-7H,1H2,2H3. The van der Waals surface area contributed by atoms with Crippen LogP contribution in [0.2, 0.25) is 0 Å².